The van der Waals surface area contributed by atoms with E-state index in [1.807, 2.05) is 36.2 Å². The lowest BCUT2D eigenvalue weighted by molar-refractivity contribution is -0.135. The van der Waals surface area contributed by atoms with E-state index in [9.17, 15) is 13.2 Å². The summed E-state index contributed by atoms with van der Waals surface area (Å²) in [5.74, 6) is 0.631. The smallest absolute Gasteiger partial charge is 0.356 e. The van der Waals surface area contributed by atoms with E-state index in [2.05, 4.69) is 10.3 Å². The number of benzene rings is 1. The van der Waals surface area contributed by atoms with E-state index in [0.29, 0.717) is 30.5 Å². The predicted octanol–water partition coefficient (Wildman–Crippen LogP) is 4.70. The van der Waals surface area contributed by atoms with Crippen LogP contribution >= 0.6 is 35.6 Å². The van der Waals surface area contributed by atoms with Crippen LogP contribution in [0.5, 0.6) is 0 Å². The Balaban J connectivity index is 0.00000484. The second-order valence-electron chi connectivity index (χ2n) is 4.99. The summed E-state index contributed by atoms with van der Waals surface area (Å²) in [5, 5.41) is 3.74. The normalized spacial score (nSPS) is 11.8. The lowest BCUT2D eigenvalue weighted by Crippen LogP contribution is -2.39. The maximum atomic E-state index is 12.1. The van der Waals surface area contributed by atoms with Crippen LogP contribution < -0.4 is 5.32 Å². The first-order valence-electron chi connectivity index (χ1n) is 7.05. The molecule has 0 aromatic heterocycles. The highest BCUT2D eigenvalue weighted by Gasteiger charge is 2.25. The molecule has 1 aromatic rings. The van der Waals surface area contributed by atoms with Crippen molar-refractivity contribution in [3.8, 4) is 0 Å². The van der Waals surface area contributed by atoms with Gasteiger partial charge in [-0.15, -0.1) is 24.0 Å². The van der Waals surface area contributed by atoms with E-state index >= 15 is 0 Å². The SMILES string of the molecule is CN=C(NCCCCC(F)(F)F)N(C)Cc1ccccc1Cl.I. The molecule has 1 aromatic carbocycles. The lowest BCUT2D eigenvalue weighted by Gasteiger charge is -2.22. The van der Waals surface area contributed by atoms with Crippen LogP contribution in [0.3, 0.4) is 0 Å². The summed E-state index contributed by atoms with van der Waals surface area (Å²) >= 11 is 6.11. The van der Waals surface area contributed by atoms with Gasteiger partial charge in [0.2, 0.25) is 0 Å². The van der Waals surface area contributed by atoms with E-state index in [1.54, 1.807) is 7.05 Å². The first-order chi connectivity index (χ1) is 10.3. The molecule has 0 bridgehead atoms. The van der Waals surface area contributed by atoms with Gasteiger partial charge in [0.1, 0.15) is 0 Å². The zero-order valence-corrected chi connectivity index (χ0v) is 16.2. The number of nitrogens with one attached hydrogen (secondary N) is 1. The Hall–Kier alpha value is -0.700. The molecule has 0 radical (unpaired) electrons. The van der Waals surface area contributed by atoms with E-state index in [-0.39, 0.29) is 30.4 Å². The largest absolute Gasteiger partial charge is 0.389 e. The van der Waals surface area contributed by atoms with Gasteiger partial charge in [0.25, 0.3) is 0 Å². The minimum absolute atomic E-state index is 0. The van der Waals surface area contributed by atoms with Crippen molar-refractivity contribution >= 4 is 41.5 Å². The molecule has 8 heteroatoms. The van der Waals surface area contributed by atoms with Crippen molar-refractivity contribution < 1.29 is 13.2 Å². The Morgan fingerprint density at radius 3 is 2.48 bits per heavy atom. The van der Waals surface area contributed by atoms with Gasteiger partial charge in [0, 0.05) is 38.6 Å². The number of unbranched alkanes of at least 4 members (excludes halogenated alkanes) is 1. The number of rotatable bonds is 6. The van der Waals surface area contributed by atoms with Crippen molar-refractivity contribution in [1.29, 1.82) is 0 Å². The van der Waals surface area contributed by atoms with Crippen LogP contribution in [-0.4, -0.2) is 37.7 Å². The molecule has 3 nitrogen and oxygen atoms in total. The van der Waals surface area contributed by atoms with Crippen LogP contribution in [0.25, 0.3) is 0 Å². The zero-order valence-electron chi connectivity index (χ0n) is 13.2. The third kappa shape index (κ3) is 9.24. The highest BCUT2D eigenvalue weighted by molar-refractivity contribution is 14.0. The third-order valence-corrected chi connectivity index (χ3v) is 3.48. The van der Waals surface area contributed by atoms with Crippen molar-refractivity contribution in [2.24, 2.45) is 4.99 Å². The van der Waals surface area contributed by atoms with Gasteiger partial charge in [-0.2, -0.15) is 13.2 Å². The lowest BCUT2D eigenvalue weighted by atomic mass is 10.2. The topological polar surface area (TPSA) is 27.6 Å². The fourth-order valence-electron chi connectivity index (χ4n) is 1.99. The summed E-state index contributed by atoms with van der Waals surface area (Å²) in [5.41, 5.74) is 0.965. The van der Waals surface area contributed by atoms with E-state index in [0.717, 1.165) is 5.56 Å². The summed E-state index contributed by atoms with van der Waals surface area (Å²) in [6.07, 6.45) is -4.27. The Kier molecular flexibility index (Phi) is 10.6. The summed E-state index contributed by atoms with van der Waals surface area (Å²) < 4.78 is 36.2. The van der Waals surface area contributed by atoms with Crippen LogP contribution in [0.2, 0.25) is 5.02 Å². The van der Waals surface area contributed by atoms with E-state index < -0.39 is 12.6 Å². The summed E-state index contributed by atoms with van der Waals surface area (Å²) in [6.45, 7) is 1.03. The number of hydrogen-bond acceptors (Lipinski definition) is 1. The molecular weight excluding hydrogens is 442 g/mol. The summed E-state index contributed by atoms with van der Waals surface area (Å²) in [4.78, 5) is 6.01. The number of hydrogen-bond donors (Lipinski definition) is 1. The second kappa shape index (κ2) is 11.0. The molecule has 0 atom stereocenters. The van der Waals surface area contributed by atoms with E-state index in [4.69, 9.17) is 11.6 Å². The van der Waals surface area contributed by atoms with Crippen molar-refractivity contribution in [3.05, 3.63) is 34.9 Å². The summed E-state index contributed by atoms with van der Waals surface area (Å²) in [6, 6.07) is 7.51. The van der Waals surface area contributed by atoms with Crippen molar-refractivity contribution in [1.82, 2.24) is 10.2 Å². The standard InChI is InChI=1S/C15H21ClF3N3.HI/c1-20-14(21-10-6-5-9-15(17,18)19)22(2)11-12-7-3-4-8-13(12)16;/h3-4,7-8H,5-6,9-11H2,1-2H3,(H,20,21);1H. The molecular formula is C15H22ClF3IN3. The average molecular weight is 464 g/mol. The van der Waals surface area contributed by atoms with Gasteiger partial charge in [-0.1, -0.05) is 29.8 Å². The maximum absolute atomic E-state index is 12.1. The second-order valence-corrected chi connectivity index (χ2v) is 5.40. The van der Waals surface area contributed by atoms with Crippen molar-refractivity contribution in [3.63, 3.8) is 0 Å². The Morgan fingerprint density at radius 2 is 1.91 bits per heavy atom. The van der Waals surface area contributed by atoms with Crippen LogP contribution in [0.15, 0.2) is 29.3 Å². The van der Waals surface area contributed by atoms with Gasteiger partial charge in [-0.05, 0) is 24.5 Å². The Bertz CT molecular complexity index is 495. The Morgan fingerprint density at radius 1 is 1.26 bits per heavy atom. The number of guanidine groups is 1. The van der Waals surface area contributed by atoms with Gasteiger partial charge in [-0.3, -0.25) is 4.99 Å². The average Bonchev–Trinajstić information content (AvgIpc) is 2.44. The van der Waals surface area contributed by atoms with Gasteiger partial charge in [0.05, 0.1) is 0 Å². The quantitative estimate of drug-likeness (QED) is 0.287. The zero-order chi connectivity index (χ0) is 16.6. The molecule has 0 saturated heterocycles. The molecule has 0 unspecified atom stereocenters. The monoisotopic (exact) mass is 463 g/mol. The summed E-state index contributed by atoms with van der Waals surface area (Å²) in [7, 11) is 3.50. The van der Waals surface area contributed by atoms with Crippen LogP contribution in [0, 0.1) is 0 Å². The first kappa shape index (κ1) is 22.3. The van der Waals surface area contributed by atoms with Crippen LogP contribution in [-0.2, 0) is 6.54 Å². The highest BCUT2D eigenvalue weighted by atomic mass is 127. The Labute approximate surface area is 157 Å². The highest BCUT2D eigenvalue weighted by Crippen LogP contribution is 2.21. The van der Waals surface area contributed by atoms with Crippen molar-refractivity contribution in [2.75, 3.05) is 20.6 Å². The molecule has 0 aliphatic rings. The van der Waals surface area contributed by atoms with Gasteiger partial charge in [0.15, 0.2) is 5.96 Å². The predicted molar refractivity (Wildman–Crippen MR) is 99.6 cm³/mol. The minimum atomic E-state index is -4.08. The molecule has 0 spiro atoms. The molecule has 0 saturated carbocycles. The maximum Gasteiger partial charge on any atom is 0.389 e. The molecule has 0 heterocycles. The fraction of sp³-hybridized carbons (Fsp3) is 0.533. The molecule has 0 amide bonds. The van der Waals surface area contributed by atoms with Crippen molar-refractivity contribution in [2.45, 2.75) is 32.0 Å². The molecule has 0 aliphatic heterocycles. The molecule has 1 N–H and O–H groups in total. The number of aliphatic imine (C=N–C) groups is 1. The van der Waals surface area contributed by atoms with Gasteiger partial charge in [-0.25, -0.2) is 0 Å². The van der Waals surface area contributed by atoms with Crippen LogP contribution in [0.4, 0.5) is 13.2 Å². The molecule has 132 valence electrons. The fourth-order valence-corrected chi connectivity index (χ4v) is 2.19. The minimum Gasteiger partial charge on any atom is -0.356 e. The molecule has 0 fully saturated rings. The first-order valence-corrected chi connectivity index (χ1v) is 7.43. The number of alkyl halides is 3. The molecule has 23 heavy (non-hydrogen) atoms. The van der Waals surface area contributed by atoms with E-state index in [1.165, 1.54) is 0 Å². The number of halogens is 5. The van der Waals surface area contributed by atoms with Gasteiger partial charge < -0.3 is 10.2 Å². The number of nitrogens with zero attached hydrogens (tertiary/aromatic N) is 2. The molecule has 1 rings (SSSR count). The third-order valence-electron chi connectivity index (χ3n) is 3.11. The molecule has 0 aliphatic carbocycles. The van der Waals surface area contributed by atoms with Crippen LogP contribution in [0.1, 0.15) is 24.8 Å². The van der Waals surface area contributed by atoms with Gasteiger partial charge >= 0.3 is 6.18 Å².